The zero-order valence-electron chi connectivity index (χ0n) is 14.3. The van der Waals surface area contributed by atoms with Crippen molar-refractivity contribution in [3.8, 4) is 16.9 Å². The Bertz CT molecular complexity index is 782. The van der Waals surface area contributed by atoms with Gasteiger partial charge in [0.1, 0.15) is 5.75 Å². The first kappa shape index (κ1) is 17.0. The maximum atomic E-state index is 12.6. The molecule has 0 radical (unpaired) electrons. The van der Waals surface area contributed by atoms with Crippen molar-refractivity contribution in [1.29, 1.82) is 0 Å². The Kier molecular flexibility index (Phi) is 5.03. The van der Waals surface area contributed by atoms with Crippen molar-refractivity contribution in [3.05, 3.63) is 54.1 Å². The Labute approximate surface area is 147 Å². The minimum Gasteiger partial charge on any atom is -0.480 e. The third kappa shape index (κ3) is 3.82. The van der Waals surface area contributed by atoms with Gasteiger partial charge in [0, 0.05) is 24.2 Å². The fourth-order valence-electron chi connectivity index (χ4n) is 2.98. The summed E-state index contributed by atoms with van der Waals surface area (Å²) in [6, 6.07) is 14.9. The summed E-state index contributed by atoms with van der Waals surface area (Å²) in [5.74, 6) is 0.107. The highest BCUT2D eigenvalue weighted by molar-refractivity contribution is 5.95. The van der Waals surface area contributed by atoms with Gasteiger partial charge in [-0.05, 0) is 43.5 Å². The summed E-state index contributed by atoms with van der Waals surface area (Å²) in [5, 5.41) is 0. The SMILES string of the molecule is C[C@@H](Oc1ccccc1-c1cccc(C(=O)N2CCCC2)c1)C(N)=O. The number of ether oxygens (including phenoxy) is 1. The van der Waals surface area contributed by atoms with Crippen LogP contribution in [-0.2, 0) is 4.79 Å². The molecule has 0 aliphatic carbocycles. The van der Waals surface area contributed by atoms with Crippen molar-refractivity contribution in [2.75, 3.05) is 13.1 Å². The fraction of sp³-hybridized carbons (Fsp3) is 0.300. The number of para-hydroxylation sites is 1. The maximum Gasteiger partial charge on any atom is 0.258 e. The molecule has 0 saturated carbocycles. The summed E-state index contributed by atoms with van der Waals surface area (Å²) in [6.07, 6.45) is 1.40. The molecule has 5 nitrogen and oxygen atoms in total. The topological polar surface area (TPSA) is 72.6 Å². The Balaban J connectivity index is 1.91. The van der Waals surface area contributed by atoms with Gasteiger partial charge in [-0.15, -0.1) is 0 Å². The lowest BCUT2D eigenvalue weighted by atomic mass is 10.0. The monoisotopic (exact) mass is 338 g/mol. The molecule has 2 aromatic rings. The van der Waals surface area contributed by atoms with E-state index in [0.29, 0.717) is 11.3 Å². The van der Waals surface area contributed by atoms with E-state index in [9.17, 15) is 9.59 Å². The first-order chi connectivity index (χ1) is 12.1. The van der Waals surface area contributed by atoms with Crippen LogP contribution in [0, 0.1) is 0 Å². The van der Waals surface area contributed by atoms with E-state index < -0.39 is 12.0 Å². The molecule has 130 valence electrons. The van der Waals surface area contributed by atoms with Gasteiger partial charge in [0.15, 0.2) is 6.10 Å². The highest BCUT2D eigenvalue weighted by Gasteiger charge is 2.20. The number of likely N-dealkylation sites (tertiary alicyclic amines) is 1. The van der Waals surface area contributed by atoms with Crippen LogP contribution in [0.1, 0.15) is 30.1 Å². The van der Waals surface area contributed by atoms with Crippen LogP contribution in [-0.4, -0.2) is 35.9 Å². The van der Waals surface area contributed by atoms with Crippen LogP contribution < -0.4 is 10.5 Å². The molecule has 0 aromatic heterocycles. The molecule has 0 unspecified atom stereocenters. The van der Waals surface area contributed by atoms with E-state index in [1.807, 2.05) is 47.4 Å². The Hall–Kier alpha value is -2.82. The van der Waals surface area contributed by atoms with E-state index in [-0.39, 0.29) is 5.91 Å². The number of hydrogen-bond acceptors (Lipinski definition) is 3. The molecule has 1 aliphatic rings. The summed E-state index contributed by atoms with van der Waals surface area (Å²) < 4.78 is 5.69. The van der Waals surface area contributed by atoms with Crippen LogP contribution in [0.2, 0.25) is 0 Å². The van der Waals surface area contributed by atoms with Crippen molar-refractivity contribution in [1.82, 2.24) is 4.90 Å². The second kappa shape index (κ2) is 7.38. The Morgan fingerprint density at radius 1 is 1.08 bits per heavy atom. The number of hydrogen-bond donors (Lipinski definition) is 1. The first-order valence-electron chi connectivity index (χ1n) is 8.51. The number of nitrogens with two attached hydrogens (primary N) is 1. The highest BCUT2D eigenvalue weighted by atomic mass is 16.5. The highest BCUT2D eigenvalue weighted by Crippen LogP contribution is 2.31. The first-order valence-corrected chi connectivity index (χ1v) is 8.51. The molecule has 25 heavy (non-hydrogen) atoms. The van der Waals surface area contributed by atoms with Crippen molar-refractivity contribution in [3.63, 3.8) is 0 Å². The smallest absolute Gasteiger partial charge is 0.258 e. The minimum absolute atomic E-state index is 0.0586. The Morgan fingerprint density at radius 2 is 1.80 bits per heavy atom. The van der Waals surface area contributed by atoms with E-state index in [1.54, 1.807) is 13.0 Å². The molecular formula is C20H22N2O3. The summed E-state index contributed by atoms with van der Waals surface area (Å²) in [4.78, 5) is 25.8. The molecule has 3 rings (SSSR count). The van der Waals surface area contributed by atoms with Crippen molar-refractivity contribution in [2.45, 2.75) is 25.9 Å². The van der Waals surface area contributed by atoms with Gasteiger partial charge in [0.25, 0.3) is 11.8 Å². The summed E-state index contributed by atoms with van der Waals surface area (Å²) in [6.45, 7) is 3.25. The lowest BCUT2D eigenvalue weighted by Gasteiger charge is -2.17. The molecule has 2 aromatic carbocycles. The zero-order chi connectivity index (χ0) is 17.8. The number of benzene rings is 2. The van der Waals surface area contributed by atoms with Crippen molar-refractivity contribution < 1.29 is 14.3 Å². The standard InChI is InChI=1S/C20H22N2O3/c1-14(19(21)23)25-18-10-3-2-9-17(18)15-7-6-8-16(13-15)20(24)22-11-4-5-12-22/h2-3,6-10,13-14H,4-5,11-12H2,1H3,(H2,21,23)/t14-/m1/s1. The lowest BCUT2D eigenvalue weighted by Crippen LogP contribution is -2.30. The third-order valence-electron chi connectivity index (χ3n) is 4.41. The van der Waals surface area contributed by atoms with E-state index in [1.165, 1.54) is 0 Å². The quantitative estimate of drug-likeness (QED) is 0.911. The molecule has 2 N–H and O–H groups in total. The molecular weight excluding hydrogens is 316 g/mol. The number of carbonyl (C=O) groups is 2. The molecule has 5 heteroatoms. The molecule has 1 saturated heterocycles. The molecule has 0 spiro atoms. The van der Waals surface area contributed by atoms with Crippen LogP contribution in [0.3, 0.4) is 0 Å². The average Bonchev–Trinajstić information content (AvgIpc) is 3.16. The van der Waals surface area contributed by atoms with Gasteiger partial charge >= 0.3 is 0 Å². The van der Waals surface area contributed by atoms with E-state index in [4.69, 9.17) is 10.5 Å². The summed E-state index contributed by atoms with van der Waals surface area (Å²) >= 11 is 0. The molecule has 1 atom stereocenters. The zero-order valence-corrected chi connectivity index (χ0v) is 14.3. The predicted octanol–water partition coefficient (Wildman–Crippen LogP) is 2.84. The number of primary amides is 1. The van der Waals surface area contributed by atoms with Gasteiger partial charge in [0.2, 0.25) is 0 Å². The van der Waals surface area contributed by atoms with Crippen molar-refractivity contribution >= 4 is 11.8 Å². The lowest BCUT2D eigenvalue weighted by molar-refractivity contribution is -0.123. The number of nitrogens with zero attached hydrogens (tertiary/aromatic N) is 1. The largest absolute Gasteiger partial charge is 0.480 e. The van der Waals surface area contributed by atoms with E-state index in [0.717, 1.165) is 37.1 Å². The van der Waals surface area contributed by atoms with Gasteiger partial charge in [-0.25, -0.2) is 0 Å². The van der Waals surface area contributed by atoms with Gasteiger partial charge in [-0.1, -0.05) is 30.3 Å². The Morgan fingerprint density at radius 3 is 2.52 bits per heavy atom. The van der Waals surface area contributed by atoms with E-state index in [2.05, 4.69) is 0 Å². The maximum absolute atomic E-state index is 12.6. The van der Waals surface area contributed by atoms with Crippen LogP contribution in [0.25, 0.3) is 11.1 Å². The molecule has 1 aliphatic heterocycles. The van der Waals surface area contributed by atoms with Gasteiger partial charge in [0.05, 0.1) is 0 Å². The second-order valence-electron chi connectivity index (χ2n) is 6.24. The summed E-state index contributed by atoms with van der Waals surface area (Å²) in [5.41, 5.74) is 7.65. The fourth-order valence-corrected chi connectivity index (χ4v) is 2.98. The summed E-state index contributed by atoms with van der Waals surface area (Å²) in [7, 11) is 0. The number of carbonyl (C=O) groups excluding carboxylic acids is 2. The molecule has 2 amide bonds. The number of amides is 2. The minimum atomic E-state index is -0.726. The average molecular weight is 338 g/mol. The van der Waals surface area contributed by atoms with Crippen LogP contribution in [0.5, 0.6) is 5.75 Å². The molecule has 0 bridgehead atoms. The van der Waals surface area contributed by atoms with Gasteiger partial charge in [-0.2, -0.15) is 0 Å². The van der Waals surface area contributed by atoms with Gasteiger partial charge in [-0.3, -0.25) is 9.59 Å². The predicted molar refractivity (Wildman–Crippen MR) is 96.3 cm³/mol. The number of rotatable bonds is 5. The molecule has 1 heterocycles. The third-order valence-corrected chi connectivity index (χ3v) is 4.41. The van der Waals surface area contributed by atoms with Gasteiger partial charge < -0.3 is 15.4 Å². The van der Waals surface area contributed by atoms with Crippen LogP contribution in [0.4, 0.5) is 0 Å². The molecule has 1 fully saturated rings. The van der Waals surface area contributed by atoms with Crippen LogP contribution >= 0.6 is 0 Å². The second-order valence-corrected chi connectivity index (χ2v) is 6.24. The van der Waals surface area contributed by atoms with Crippen LogP contribution in [0.15, 0.2) is 48.5 Å². The normalized spacial score (nSPS) is 15.0. The van der Waals surface area contributed by atoms with E-state index >= 15 is 0 Å². The van der Waals surface area contributed by atoms with Crippen molar-refractivity contribution in [2.24, 2.45) is 5.73 Å².